The molecule has 1 atom stereocenters. The Hall–Kier alpha value is -3.54. The Balaban J connectivity index is 1.39. The summed E-state index contributed by atoms with van der Waals surface area (Å²) in [6, 6.07) is 19.7. The first-order valence-electron chi connectivity index (χ1n) is 10.9. The second-order valence-electron chi connectivity index (χ2n) is 7.95. The lowest BCUT2D eigenvalue weighted by Crippen LogP contribution is -2.40. The maximum atomic E-state index is 12.9. The Morgan fingerprint density at radius 2 is 1.78 bits per heavy atom. The number of methoxy groups -OCH3 is 2. The summed E-state index contributed by atoms with van der Waals surface area (Å²) in [6.07, 6.45) is 2.05. The molecule has 1 saturated heterocycles. The van der Waals surface area contributed by atoms with Gasteiger partial charge in [-0.05, 0) is 46.9 Å². The minimum Gasteiger partial charge on any atom is -0.493 e. The van der Waals surface area contributed by atoms with E-state index in [0.717, 1.165) is 34.7 Å². The smallest absolute Gasteiger partial charge is 0.242 e. The van der Waals surface area contributed by atoms with E-state index in [2.05, 4.69) is 5.32 Å². The number of carbonyl (C=O) groups is 2. The SMILES string of the molecule is COc1ccc(C2CCCN2C(=O)CNC(=O)Cc2cccc3ccccc23)cc1OC. The Bertz CT molecular complexity index is 1120. The number of nitrogens with zero attached hydrogens (tertiary/aromatic N) is 1. The predicted molar refractivity (Wildman–Crippen MR) is 124 cm³/mol. The van der Waals surface area contributed by atoms with E-state index >= 15 is 0 Å². The van der Waals surface area contributed by atoms with Crippen LogP contribution in [0.3, 0.4) is 0 Å². The zero-order chi connectivity index (χ0) is 22.5. The van der Waals surface area contributed by atoms with Crippen molar-refractivity contribution in [2.45, 2.75) is 25.3 Å². The Labute approximate surface area is 188 Å². The fraction of sp³-hybridized carbons (Fsp3) is 0.308. The van der Waals surface area contributed by atoms with E-state index in [0.29, 0.717) is 18.0 Å². The van der Waals surface area contributed by atoms with E-state index in [-0.39, 0.29) is 30.8 Å². The van der Waals surface area contributed by atoms with Crippen molar-refractivity contribution in [2.75, 3.05) is 27.3 Å². The number of hydrogen-bond donors (Lipinski definition) is 1. The summed E-state index contributed by atoms with van der Waals surface area (Å²) in [7, 11) is 3.20. The molecule has 3 aromatic carbocycles. The number of carbonyl (C=O) groups excluding carboxylic acids is 2. The monoisotopic (exact) mass is 432 g/mol. The average Bonchev–Trinajstić information content (AvgIpc) is 3.32. The van der Waals surface area contributed by atoms with Crippen LogP contribution in [0, 0.1) is 0 Å². The highest BCUT2D eigenvalue weighted by Crippen LogP contribution is 2.36. The topological polar surface area (TPSA) is 67.9 Å². The van der Waals surface area contributed by atoms with Crippen molar-refractivity contribution in [3.05, 3.63) is 71.8 Å². The van der Waals surface area contributed by atoms with Crippen LogP contribution in [-0.2, 0) is 16.0 Å². The van der Waals surface area contributed by atoms with E-state index < -0.39 is 0 Å². The van der Waals surface area contributed by atoms with Gasteiger partial charge in [-0.15, -0.1) is 0 Å². The molecule has 6 heteroatoms. The molecule has 3 aromatic rings. The highest BCUT2D eigenvalue weighted by Gasteiger charge is 2.30. The normalized spacial score (nSPS) is 15.6. The first-order valence-corrected chi connectivity index (χ1v) is 10.9. The molecule has 1 unspecified atom stereocenters. The molecule has 0 spiro atoms. The van der Waals surface area contributed by atoms with Crippen LogP contribution >= 0.6 is 0 Å². The third-order valence-electron chi connectivity index (χ3n) is 6.03. The Morgan fingerprint density at radius 3 is 2.59 bits per heavy atom. The lowest BCUT2D eigenvalue weighted by atomic mass is 10.0. The number of fused-ring (bicyclic) bond motifs is 1. The maximum absolute atomic E-state index is 12.9. The van der Waals surface area contributed by atoms with Crippen molar-refractivity contribution in [2.24, 2.45) is 0 Å². The molecular weight excluding hydrogens is 404 g/mol. The van der Waals surface area contributed by atoms with Crippen molar-refractivity contribution >= 4 is 22.6 Å². The van der Waals surface area contributed by atoms with E-state index in [1.54, 1.807) is 14.2 Å². The first kappa shape index (κ1) is 21.7. The fourth-order valence-electron chi connectivity index (χ4n) is 4.43. The molecular formula is C26H28N2O4. The number of likely N-dealkylation sites (tertiary alicyclic amines) is 1. The summed E-state index contributed by atoms with van der Waals surface area (Å²) in [4.78, 5) is 27.3. The van der Waals surface area contributed by atoms with Gasteiger partial charge >= 0.3 is 0 Å². The van der Waals surface area contributed by atoms with Crippen molar-refractivity contribution < 1.29 is 19.1 Å². The lowest BCUT2D eigenvalue weighted by molar-refractivity contribution is -0.133. The van der Waals surface area contributed by atoms with Gasteiger partial charge in [-0.1, -0.05) is 48.5 Å². The molecule has 32 heavy (non-hydrogen) atoms. The van der Waals surface area contributed by atoms with Crippen molar-refractivity contribution in [3.8, 4) is 11.5 Å². The minimum absolute atomic E-state index is 0.00656. The van der Waals surface area contributed by atoms with Crippen LogP contribution in [0.4, 0.5) is 0 Å². The molecule has 2 amide bonds. The van der Waals surface area contributed by atoms with Crippen LogP contribution in [0.25, 0.3) is 10.8 Å². The largest absolute Gasteiger partial charge is 0.493 e. The summed E-state index contributed by atoms with van der Waals surface area (Å²) < 4.78 is 10.7. The Kier molecular flexibility index (Phi) is 6.59. The van der Waals surface area contributed by atoms with Crippen LogP contribution in [0.2, 0.25) is 0 Å². The summed E-state index contributed by atoms with van der Waals surface area (Å²) in [5.41, 5.74) is 1.97. The number of benzene rings is 3. The molecule has 166 valence electrons. The quantitative estimate of drug-likeness (QED) is 0.615. The van der Waals surface area contributed by atoms with E-state index in [9.17, 15) is 9.59 Å². The van der Waals surface area contributed by atoms with Gasteiger partial charge in [0.25, 0.3) is 0 Å². The van der Waals surface area contributed by atoms with Crippen LogP contribution in [0.5, 0.6) is 11.5 Å². The maximum Gasteiger partial charge on any atom is 0.242 e. The molecule has 1 N–H and O–H groups in total. The number of nitrogens with one attached hydrogen (secondary N) is 1. The molecule has 6 nitrogen and oxygen atoms in total. The number of hydrogen-bond acceptors (Lipinski definition) is 4. The average molecular weight is 433 g/mol. The lowest BCUT2D eigenvalue weighted by Gasteiger charge is -2.26. The number of amides is 2. The minimum atomic E-state index is -0.156. The van der Waals surface area contributed by atoms with Gasteiger partial charge in [0.05, 0.1) is 33.2 Å². The summed E-state index contributed by atoms with van der Waals surface area (Å²) in [5.74, 6) is 1.07. The van der Waals surface area contributed by atoms with E-state index in [1.165, 1.54) is 0 Å². The molecule has 1 heterocycles. The Morgan fingerprint density at radius 1 is 1.00 bits per heavy atom. The molecule has 0 aliphatic carbocycles. The molecule has 1 aliphatic rings. The highest BCUT2D eigenvalue weighted by atomic mass is 16.5. The molecule has 0 aromatic heterocycles. The van der Waals surface area contributed by atoms with E-state index in [4.69, 9.17) is 9.47 Å². The van der Waals surface area contributed by atoms with E-state index in [1.807, 2.05) is 65.6 Å². The van der Waals surface area contributed by atoms with Crippen LogP contribution in [0.15, 0.2) is 60.7 Å². The predicted octanol–water partition coefficient (Wildman–Crippen LogP) is 3.88. The van der Waals surface area contributed by atoms with Crippen molar-refractivity contribution in [3.63, 3.8) is 0 Å². The molecule has 1 fully saturated rings. The van der Waals surface area contributed by atoms with Crippen molar-refractivity contribution in [1.29, 1.82) is 0 Å². The van der Waals surface area contributed by atoms with Gasteiger partial charge in [-0.25, -0.2) is 0 Å². The summed E-state index contributed by atoms with van der Waals surface area (Å²) >= 11 is 0. The number of rotatable bonds is 7. The number of ether oxygens (including phenoxy) is 2. The van der Waals surface area contributed by atoms with Gasteiger partial charge in [-0.3, -0.25) is 9.59 Å². The van der Waals surface area contributed by atoms with Gasteiger partial charge in [0.15, 0.2) is 11.5 Å². The van der Waals surface area contributed by atoms with Gasteiger partial charge in [-0.2, -0.15) is 0 Å². The second kappa shape index (κ2) is 9.73. The summed E-state index contributed by atoms with van der Waals surface area (Å²) in [5, 5.41) is 4.97. The molecule has 1 aliphatic heterocycles. The zero-order valence-electron chi connectivity index (χ0n) is 18.5. The van der Waals surface area contributed by atoms with Gasteiger partial charge in [0, 0.05) is 6.54 Å². The third-order valence-corrected chi connectivity index (χ3v) is 6.03. The van der Waals surface area contributed by atoms with Gasteiger partial charge in [0.1, 0.15) is 0 Å². The first-order chi connectivity index (χ1) is 15.6. The molecule has 4 rings (SSSR count). The second-order valence-corrected chi connectivity index (χ2v) is 7.95. The molecule has 0 radical (unpaired) electrons. The standard InChI is InChI=1S/C26H28N2O4/c1-31-23-13-12-20(15-24(23)32-2)22-11-6-14-28(22)26(30)17-27-25(29)16-19-9-5-8-18-7-3-4-10-21(18)19/h3-5,7-10,12-13,15,22H,6,11,14,16-17H2,1-2H3,(H,27,29). The van der Waals surface area contributed by atoms with Crippen LogP contribution < -0.4 is 14.8 Å². The van der Waals surface area contributed by atoms with Gasteiger partial charge < -0.3 is 19.7 Å². The van der Waals surface area contributed by atoms with Crippen LogP contribution in [0.1, 0.15) is 30.0 Å². The molecule has 0 bridgehead atoms. The zero-order valence-corrected chi connectivity index (χ0v) is 18.5. The van der Waals surface area contributed by atoms with Gasteiger partial charge in [0.2, 0.25) is 11.8 Å². The fourth-order valence-corrected chi connectivity index (χ4v) is 4.43. The highest BCUT2D eigenvalue weighted by molar-refractivity contribution is 5.91. The summed E-state index contributed by atoms with van der Waals surface area (Å²) in [6.45, 7) is 0.671. The van der Waals surface area contributed by atoms with Crippen molar-refractivity contribution in [1.82, 2.24) is 10.2 Å². The molecule has 0 saturated carbocycles. The third kappa shape index (κ3) is 4.54. The van der Waals surface area contributed by atoms with Crippen LogP contribution in [-0.4, -0.2) is 44.0 Å².